The fourth-order valence-corrected chi connectivity index (χ4v) is 2.49. The maximum Gasteiger partial charge on any atom is 0.194 e. The Morgan fingerprint density at radius 2 is 1.92 bits per heavy atom. The largest absolute Gasteiger partial charge is 0.491 e. The summed E-state index contributed by atoms with van der Waals surface area (Å²) in [6.07, 6.45) is 2.05. The number of nitrogens with zero attached hydrogens (tertiary/aromatic N) is 3. The van der Waals surface area contributed by atoms with E-state index in [-0.39, 0.29) is 24.0 Å². The normalized spacial score (nSPS) is 11.0. The van der Waals surface area contributed by atoms with E-state index in [0.29, 0.717) is 19.8 Å². The Labute approximate surface area is 173 Å². The van der Waals surface area contributed by atoms with Crippen molar-refractivity contribution in [2.75, 3.05) is 34.4 Å². The Kier molecular flexibility index (Phi) is 10.1. The van der Waals surface area contributed by atoms with Gasteiger partial charge in [0.1, 0.15) is 12.4 Å². The standard InChI is InChI=1S/C19H28N4O2.HI/c1-20-19(23(3)15-17-6-5-11-22(17)2)21-14-16-7-9-18(10-8-16)25-13-12-24-4;/h5-11H,12-15H2,1-4H3,(H,20,21);1H. The molecule has 0 atom stereocenters. The molecule has 0 aliphatic heterocycles. The topological polar surface area (TPSA) is 51.0 Å². The van der Waals surface area contributed by atoms with Crippen LogP contribution in [0.15, 0.2) is 47.6 Å². The van der Waals surface area contributed by atoms with Crippen LogP contribution in [0.25, 0.3) is 0 Å². The lowest BCUT2D eigenvalue weighted by atomic mass is 10.2. The third-order valence-electron chi connectivity index (χ3n) is 3.95. The second kappa shape index (κ2) is 11.8. The lowest BCUT2D eigenvalue weighted by molar-refractivity contribution is 0.146. The highest BCUT2D eigenvalue weighted by molar-refractivity contribution is 14.0. The van der Waals surface area contributed by atoms with Crippen molar-refractivity contribution in [3.8, 4) is 5.75 Å². The van der Waals surface area contributed by atoms with Crippen LogP contribution in [0.2, 0.25) is 0 Å². The van der Waals surface area contributed by atoms with Crippen LogP contribution in [0.5, 0.6) is 5.75 Å². The lowest BCUT2D eigenvalue weighted by Crippen LogP contribution is -2.38. The van der Waals surface area contributed by atoms with E-state index in [1.807, 2.05) is 19.2 Å². The van der Waals surface area contributed by atoms with Gasteiger partial charge >= 0.3 is 0 Å². The van der Waals surface area contributed by atoms with Crippen LogP contribution < -0.4 is 10.1 Å². The summed E-state index contributed by atoms with van der Waals surface area (Å²) in [5.41, 5.74) is 2.41. The van der Waals surface area contributed by atoms with Gasteiger partial charge in [0.2, 0.25) is 0 Å². The molecule has 0 aliphatic carbocycles. The van der Waals surface area contributed by atoms with E-state index in [9.17, 15) is 0 Å². The average Bonchev–Trinajstić information content (AvgIpc) is 3.02. The van der Waals surface area contributed by atoms with Crippen molar-refractivity contribution in [2.45, 2.75) is 13.1 Å². The van der Waals surface area contributed by atoms with Crippen molar-refractivity contribution < 1.29 is 9.47 Å². The molecule has 0 unspecified atom stereocenters. The Morgan fingerprint density at radius 1 is 1.19 bits per heavy atom. The number of methoxy groups -OCH3 is 1. The van der Waals surface area contributed by atoms with E-state index >= 15 is 0 Å². The minimum absolute atomic E-state index is 0. The fourth-order valence-electron chi connectivity index (χ4n) is 2.49. The molecule has 0 radical (unpaired) electrons. The summed E-state index contributed by atoms with van der Waals surface area (Å²) in [5.74, 6) is 1.72. The highest BCUT2D eigenvalue weighted by Crippen LogP contribution is 2.12. The summed E-state index contributed by atoms with van der Waals surface area (Å²) in [6, 6.07) is 12.2. The molecular weight excluding hydrogens is 443 g/mol. The van der Waals surface area contributed by atoms with Crippen molar-refractivity contribution in [3.63, 3.8) is 0 Å². The van der Waals surface area contributed by atoms with Crippen LogP contribution in [-0.4, -0.2) is 49.8 Å². The summed E-state index contributed by atoms with van der Waals surface area (Å²) in [5, 5.41) is 3.39. The van der Waals surface area contributed by atoms with Crippen LogP contribution >= 0.6 is 24.0 Å². The molecule has 26 heavy (non-hydrogen) atoms. The Bertz CT molecular complexity index is 670. The summed E-state index contributed by atoms with van der Waals surface area (Å²) < 4.78 is 12.7. The van der Waals surface area contributed by atoms with E-state index in [1.165, 1.54) is 11.3 Å². The number of aromatic nitrogens is 1. The maximum atomic E-state index is 5.58. The van der Waals surface area contributed by atoms with Crippen LogP contribution in [0, 0.1) is 0 Å². The van der Waals surface area contributed by atoms with E-state index in [0.717, 1.165) is 18.3 Å². The number of hydrogen-bond donors (Lipinski definition) is 1. The van der Waals surface area contributed by atoms with E-state index in [4.69, 9.17) is 9.47 Å². The first kappa shape index (κ1) is 22.3. The summed E-state index contributed by atoms with van der Waals surface area (Å²) in [4.78, 5) is 6.47. The zero-order chi connectivity index (χ0) is 18.1. The summed E-state index contributed by atoms with van der Waals surface area (Å²) in [6.45, 7) is 2.66. The number of ether oxygens (including phenoxy) is 2. The Morgan fingerprint density at radius 3 is 2.50 bits per heavy atom. The molecule has 2 rings (SSSR count). The quantitative estimate of drug-likeness (QED) is 0.278. The van der Waals surface area contributed by atoms with Gasteiger partial charge in [-0.3, -0.25) is 4.99 Å². The number of nitrogens with one attached hydrogen (secondary N) is 1. The van der Waals surface area contributed by atoms with Gasteiger partial charge in [-0.25, -0.2) is 0 Å². The van der Waals surface area contributed by atoms with Crippen LogP contribution in [0.3, 0.4) is 0 Å². The molecule has 1 heterocycles. The molecule has 6 nitrogen and oxygen atoms in total. The molecule has 144 valence electrons. The van der Waals surface area contributed by atoms with Gasteiger partial charge in [-0.05, 0) is 29.8 Å². The summed E-state index contributed by atoms with van der Waals surface area (Å²) in [7, 11) is 7.56. The first-order chi connectivity index (χ1) is 12.1. The molecule has 0 saturated heterocycles. The highest BCUT2D eigenvalue weighted by atomic mass is 127. The smallest absolute Gasteiger partial charge is 0.194 e. The van der Waals surface area contributed by atoms with Crippen molar-refractivity contribution in [3.05, 3.63) is 53.9 Å². The van der Waals surface area contributed by atoms with Crippen molar-refractivity contribution >= 4 is 29.9 Å². The molecule has 1 aromatic carbocycles. The van der Waals surface area contributed by atoms with Gasteiger partial charge in [-0.1, -0.05) is 12.1 Å². The predicted molar refractivity (Wildman–Crippen MR) is 116 cm³/mol. The van der Waals surface area contributed by atoms with Gasteiger partial charge in [0.15, 0.2) is 5.96 Å². The molecule has 0 amide bonds. The zero-order valence-corrected chi connectivity index (χ0v) is 18.3. The third kappa shape index (κ3) is 6.87. The lowest BCUT2D eigenvalue weighted by Gasteiger charge is -2.22. The van der Waals surface area contributed by atoms with Crippen molar-refractivity contribution in [2.24, 2.45) is 12.0 Å². The van der Waals surface area contributed by atoms with Crippen LogP contribution in [0.4, 0.5) is 0 Å². The second-order valence-corrected chi connectivity index (χ2v) is 5.85. The predicted octanol–water partition coefficient (Wildman–Crippen LogP) is 2.88. The van der Waals surface area contributed by atoms with Crippen molar-refractivity contribution in [1.29, 1.82) is 0 Å². The highest BCUT2D eigenvalue weighted by Gasteiger charge is 2.08. The second-order valence-electron chi connectivity index (χ2n) is 5.85. The van der Waals surface area contributed by atoms with Gasteiger partial charge in [-0.15, -0.1) is 24.0 Å². The molecule has 2 aromatic rings. The third-order valence-corrected chi connectivity index (χ3v) is 3.95. The van der Waals surface area contributed by atoms with E-state index in [2.05, 4.69) is 57.3 Å². The SMILES string of the molecule is CN=C(NCc1ccc(OCCOC)cc1)N(C)Cc1cccn1C.I. The molecule has 7 heteroatoms. The number of halogens is 1. The first-order valence-corrected chi connectivity index (χ1v) is 8.36. The number of guanidine groups is 1. The average molecular weight is 472 g/mol. The van der Waals surface area contributed by atoms with Gasteiger partial charge in [0, 0.05) is 46.7 Å². The number of benzene rings is 1. The molecule has 0 bridgehead atoms. The zero-order valence-electron chi connectivity index (χ0n) is 15.9. The van der Waals surface area contributed by atoms with E-state index < -0.39 is 0 Å². The minimum Gasteiger partial charge on any atom is -0.491 e. The van der Waals surface area contributed by atoms with Crippen LogP contribution in [0.1, 0.15) is 11.3 Å². The van der Waals surface area contributed by atoms with E-state index in [1.54, 1.807) is 14.2 Å². The minimum atomic E-state index is 0. The molecule has 0 spiro atoms. The van der Waals surface area contributed by atoms with Gasteiger partial charge in [0.25, 0.3) is 0 Å². The molecule has 0 aliphatic rings. The number of rotatable bonds is 8. The molecular formula is C19H29IN4O2. The van der Waals surface area contributed by atoms with Gasteiger partial charge in [-0.2, -0.15) is 0 Å². The number of hydrogen-bond acceptors (Lipinski definition) is 3. The van der Waals surface area contributed by atoms with Crippen LogP contribution in [-0.2, 0) is 24.9 Å². The first-order valence-electron chi connectivity index (χ1n) is 8.36. The molecule has 0 saturated carbocycles. The fraction of sp³-hybridized carbons (Fsp3) is 0.421. The van der Waals surface area contributed by atoms with Gasteiger partial charge in [0.05, 0.1) is 13.2 Å². The Balaban J connectivity index is 0.00000338. The monoisotopic (exact) mass is 472 g/mol. The molecule has 1 aromatic heterocycles. The van der Waals surface area contributed by atoms with Gasteiger partial charge < -0.3 is 24.3 Å². The maximum absolute atomic E-state index is 5.58. The summed E-state index contributed by atoms with van der Waals surface area (Å²) >= 11 is 0. The van der Waals surface area contributed by atoms with Crippen molar-refractivity contribution in [1.82, 2.24) is 14.8 Å². The number of aryl methyl sites for hydroxylation is 1. The number of aliphatic imine (C=N–C) groups is 1. The molecule has 1 N–H and O–H groups in total. The Hall–Kier alpha value is -1.74. The molecule has 0 fully saturated rings.